The minimum atomic E-state index is -1.10. The lowest BCUT2D eigenvalue weighted by Crippen LogP contribution is -2.43. The molecule has 1 atom stereocenters. The van der Waals surface area contributed by atoms with Gasteiger partial charge < -0.3 is 14.7 Å². The number of carbonyl (C=O) groups is 2. The first-order valence-corrected chi connectivity index (χ1v) is 6.78. The average molecular weight is 293 g/mol. The van der Waals surface area contributed by atoms with E-state index in [0.717, 1.165) is 5.56 Å². The lowest BCUT2D eigenvalue weighted by atomic mass is 9.80. The van der Waals surface area contributed by atoms with Crippen LogP contribution >= 0.6 is 0 Å². The number of hydrogen-bond acceptors (Lipinski definition) is 3. The molecule has 116 valence electrons. The van der Waals surface area contributed by atoms with Gasteiger partial charge in [-0.05, 0) is 11.5 Å². The van der Waals surface area contributed by atoms with Gasteiger partial charge >= 0.3 is 5.97 Å². The molecular formula is C16H23NO4. The van der Waals surface area contributed by atoms with Crippen LogP contribution in [0.15, 0.2) is 24.3 Å². The Kier molecular flexibility index (Phi) is 5.35. The quantitative estimate of drug-likeness (QED) is 0.847. The number of carboxylic acids is 1. The predicted octanol–water partition coefficient (Wildman–Crippen LogP) is 2.40. The van der Waals surface area contributed by atoms with E-state index < -0.39 is 23.2 Å². The van der Waals surface area contributed by atoms with Crippen molar-refractivity contribution < 1.29 is 19.4 Å². The van der Waals surface area contributed by atoms with Crippen molar-refractivity contribution in [3.05, 3.63) is 29.8 Å². The van der Waals surface area contributed by atoms with Crippen LogP contribution in [0.25, 0.3) is 0 Å². The van der Waals surface area contributed by atoms with Crippen LogP contribution in [0.1, 0.15) is 26.3 Å². The molecular weight excluding hydrogens is 270 g/mol. The Labute approximate surface area is 125 Å². The van der Waals surface area contributed by atoms with Crippen LogP contribution in [0.5, 0.6) is 5.75 Å². The van der Waals surface area contributed by atoms with E-state index in [1.54, 1.807) is 34.9 Å². The van der Waals surface area contributed by atoms with E-state index in [9.17, 15) is 14.7 Å². The van der Waals surface area contributed by atoms with Gasteiger partial charge in [-0.25, -0.2) is 0 Å². The van der Waals surface area contributed by atoms with Gasteiger partial charge in [0.15, 0.2) is 0 Å². The predicted molar refractivity (Wildman–Crippen MR) is 80.0 cm³/mol. The Balaban J connectivity index is 2.94. The monoisotopic (exact) mass is 293 g/mol. The van der Waals surface area contributed by atoms with E-state index in [4.69, 9.17) is 4.74 Å². The van der Waals surface area contributed by atoms with Gasteiger partial charge in [-0.3, -0.25) is 9.59 Å². The number of aliphatic carboxylic acids is 1. The summed E-state index contributed by atoms with van der Waals surface area (Å²) >= 11 is 0. The molecule has 1 amide bonds. The van der Waals surface area contributed by atoms with Crippen LogP contribution in [-0.2, 0) is 16.1 Å². The molecule has 5 nitrogen and oxygen atoms in total. The SMILES string of the molecule is COc1ccccc1CN(C)C(=O)C(C(=O)O)C(C)(C)C. The zero-order chi connectivity index (χ0) is 16.2. The van der Waals surface area contributed by atoms with Gasteiger partial charge in [0.2, 0.25) is 5.91 Å². The molecule has 0 radical (unpaired) electrons. The lowest BCUT2D eigenvalue weighted by Gasteiger charge is -2.30. The highest BCUT2D eigenvalue weighted by atomic mass is 16.5. The maximum Gasteiger partial charge on any atom is 0.316 e. The number of benzene rings is 1. The number of para-hydroxylation sites is 1. The van der Waals surface area contributed by atoms with Crippen LogP contribution in [0, 0.1) is 11.3 Å². The molecule has 0 fully saturated rings. The van der Waals surface area contributed by atoms with E-state index >= 15 is 0 Å². The Morgan fingerprint density at radius 3 is 2.33 bits per heavy atom. The number of amides is 1. The molecule has 1 aromatic rings. The molecule has 21 heavy (non-hydrogen) atoms. The minimum Gasteiger partial charge on any atom is -0.496 e. The summed E-state index contributed by atoms with van der Waals surface area (Å²) in [5, 5.41) is 9.32. The summed E-state index contributed by atoms with van der Waals surface area (Å²) in [4.78, 5) is 25.3. The zero-order valence-electron chi connectivity index (χ0n) is 13.2. The fourth-order valence-electron chi connectivity index (χ4n) is 2.23. The van der Waals surface area contributed by atoms with E-state index in [0.29, 0.717) is 12.3 Å². The molecule has 0 aromatic heterocycles. The Morgan fingerprint density at radius 1 is 1.29 bits per heavy atom. The fraction of sp³-hybridized carbons (Fsp3) is 0.500. The molecule has 0 aliphatic rings. The first kappa shape index (κ1) is 17.0. The lowest BCUT2D eigenvalue weighted by molar-refractivity contribution is -0.155. The molecule has 1 N–H and O–H groups in total. The molecule has 0 bridgehead atoms. The highest BCUT2D eigenvalue weighted by molar-refractivity contribution is 5.97. The number of hydrogen-bond donors (Lipinski definition) is 1. The van der Waals surface area contributed by atoms with E-state index in [1.807, 2.05) is 24.3 Å². The van der Waals surface area contributed by atoms with Gasteiger partial charge in [0.1, 0.15) is 11.7 Å². The van der Waals surface area contributed by atoms with Crippen LogP contribution in [0.2, 0.25) is 0 Å². The molecule has 1 unspecified atom stereocenters. The third-order valence-corrected chi connectivity index (χ3v) is 3.34. The van der Waals surface area contributed by atoms with Crippen molar-refractivity contribution in [3.63, 3.8) is 0 Å². The van der Waals surface area contributed by atoms with Gasteiger partial charge in [0.25, 0.3) is 0 Å². The number of rotatable bonds is 5. The first-order chi connectivity index (χ1) is 9.68. The third-order valence-electron chi connectivity index (χ3n) is 3.34. The second-order valence-electron chi connectivity index (χ2n) is 6.14. The molecule has 0 saturated heterocycles. The van der Waals surface area contributed by atoms with Gasteiger partial charge in [-0.15, -0.1) is 0 Å². The van der Waals surface area contributed by atoms with E-state index in [-0.39, 0.29) is 0 Å². The van der Waals surface area contributed by atoms with E-state index in [2.05, 4.69) is 0 Å². The number of carbonyl (C=O) groups excluding carboxylic acids is 1. The average Bonchev–Trinajstić information content (AvgIpc) is 2.37. The van der Waals surface area contributed by atoms with Gasteiger partial charge in [0.05, 0.1) is 7.11 Å². The van der Waals surface area contributed by atoms with E-state index in [1.165, 1.54) is 4.90 Å². The van der Waals surface area contributed by atoms with Crippen LogP contribution in [0.3, 0.4) is 0 Å². The summed E-state index contributed by atoms with van der Waals surface area (Å²) in [6, 6.07) is 7.37. The Hall–Kier alpha value is -2.04. The smallest absolute Gasteiger partial charge is 0.316 e. The second kappa shape index (κ2) is 6.61. The summed E-state index contributed by atoms with van der Waals surface area (Å²) < 4.78 is 5.25. The molecule has 0 aliphatic carbocycles. The molecule has 1 aromatic carbocycles. The molecule has 0 saturated carbocycles. The van der Waals surface area contributed by atoms with Crippen molar-refractivity contribution in [3.8, 4) is 5.75 Å². The Morgan fingerprint density at radius 2 is 1.86 bits per heavy atom. The topological polar surface area (TPSA) is 66.8 Å². The summed E-state index contributed by atoms with van der Waals surface area (Å²) in [5.41, 5.74) is 0.201. The molecule has 0 aliphatic heterocycles. The zero-order valence-corrected chi connectivity index (χ0v) is 13.2. The van der Waals surface area contributed by atoms with Crippen LogP contribution in [0.4, 0.5) is 0 Å². The summed E-state index contributed by atoms with van der Waals surface area (Å²) in [7, 11) is 3.17. The molecule has 0 heterocycles. The van der Waals surface area contributed by atoms with Gasteiger partial charge in [-0.2, -0.15) is 0 Å². The summed E-state index contributed by atoms with van der Waals surface area (Å²) in [6.45, 7) is 5.56. The van der Waals surface area contributed by atoms with Gasteiger partial charge in [-0.1, -0.05) is 39.0 Å². The van der Waals surface area contributed by atoms with Gasteiger partial charge in [0, 0.05) is 19.2 Å². The van der Waals surface area contributed by atoms with Crippen LogP contribution < -0.4 is 4.74 Å². The maximum absolute atomic E-state index is 12.4. The number of methoxy groups -OCH3 is 1. The largest absolute Gasteiger partial charge is 0.496 e. The van der Waals surface area contributed by atoms with Crippen molar-refractivity contribution in [2.45, 2.75) is 27.3 Å². The third kappa shape index (κ3) is 4.21. The highest BCUT2D eigenvalue weighted by Gasteiger charge is 2.39. The minimum absolute atomic E-state index is 0.308. The number of nitrogens with zero attached hydrogens (tertiary/aromatic N) is 1. The highest BCUT2D eigenvalue weighted by Crippen LogP contribution is 2.28. The second-order valence-corrected chi connectivity index (χ2v) is 6.14. The maximum atomic E-state index is 12.4. The summed E-state index contributed by atoms with van der Waals surface area (Å²) in [6.07, 6.45) is 0. The molecule has 5 heteroatoms. The van der Waals surface area contributed by atoms with Crippen molar-refractivity contribution in [2.24, 2.45) is 11.3 Å². The van der Waals surface area contributed by atoms with Crippen molar-refractivity contribution >= 4 is 11.9 Å². The Bertz CT molecular complexity index is 519. The summed E-state index contributed by atoms with van der Waals surface area (Å²) in [5.74, 6) is -1.89. The standard InChI is InChI=1S/C16H23NO4/c1-16(2,3)13(15(19)20)14(18)17(4)10-11-8-6-7-9-12(11)21-5/h6-9,13H,10H2,1-5H3,(H,19,20). The number of carboxylic acid groups (broad SMARTS) is 1. The van der Waals surface area contributed by atoms with Crippen LogP contribution in [-0.4, -0.2) is 36.0 Å². The molecule has 1 rings (SSSR count). The van der Waals surface area contributed by atoms with Crippen molar-refractivity contribution in [1.82, 2.24) is 4.90 Å². The molecule has 0 spiro atoms. The normalized spacial score (nSPS) is 12.6. The van der Waals surface area contributed by atoms with Crippen molar-refractivity contribution in [2.75, 3.05) is 14.2 Å². The first-order valence-electron chi connectivity index (χ1n) is 6.78. The van der Waals surface area contributed by atoms with Crippen molar-refractivity contribution in [1.29, 1.82) is 0 Å². The number of ether oxygens (including phenoxy) is 1. The fourth-order valence-corrected chi connectivity index (χ4v) is 2.23.